The van der Waals surface area contributed by atoms with Crippen molar-refractivity contribution in [1.29, 1.82) is 0 Å². The molecule has 0 atom stereocenters. The van der Waals surface area contributed by atoms with Gasteiger partial charge in [0.05, 0.1) is 28.0 Å². The lowest BCUT2D eigenvalue weighted by Crippen LogP contribution is -2.35. The Labute approximate surface area is 193 Å². The molecule has 34 heavy (non-hydrogen) atoms. The molecule has 0 aliphatic heterocycles. The molecule has 15 heteroatoms. The highest BCUT2D eigenvalue weighted by molar-refractivity contribution is 6.32. The van der Waals surface area contributed by atoms with Crippen LogP contribution in [0.1, 0.15) is 15.9 Å². The normalized spacial score (nSPS) is 11.7. The predicted molar refractivity (Wildman–Crippen MR) is 109 cm³/mol. The molecule has 4 N–H and O–H groups in total. The number of hydrogen-bond acceptors (Lipinski definition) is 7. The van der Waals surface area contributed by atoms with E-state index < -0.39 is 62.7 Å². The van der Waals surface area contributed by atoms with Crippen molar-refractivity contribution in [2.75, 3.05) is 5.32 Å². The fraction of sp³-hybridized carbons (Fsp3) is 0.105. The molecule has 1 aromatic heterocycles. The summed E-state index contributed by atoms with van der Waals surface area (Å²) in [5.74, 6) is -7.29. The molecule has 0 unspecified atom stereocenters. The van der Waals surface area contributed by atoms with Crippen LogP contribution in [0, 0.1) is 5.82 Å². The van der Waals surface area contributed by atoms with Crippen LogP contribution in [0.2, 0.25) is 5.02 Å². The molecule has 0 saturated heterocycles. The van der Waals surface area contributed by atoms with E-state index in [2.05, 4.69) is 20.3 Å². The molecule has 0 saturated carbocycles. The van der Waals surface area contributed by atoms with Gasteiger partial charge < -0.3 is 25.0 Å². The first-order chi connectivity index (χ1) is 15.7. The fourth-order valence-corrected chi connectivity index (χ4v) is 2.87. The number of aromatic nitrogens is 2. The quantitative estimate of drug-likeness (QED) is 0.233. The van der Waals surface area contributed by atoms with Gasteiger partial charge in [0.1, 0.15) is 11.6 Å². The first-order valence-electron chi connectivity index (χ1n) is 8.90. The molecule has 176 valence electrons. The Morgan fingerprint density at radius 2 is 1.82 bits per heavy atom. The number of anilines is 1. The third-order valence-corrected chi connectivity index (χ3v) is 4.24. The number of halogens is 5. The first kappa shape index (κ1) is 25.0. The van der Waals surface area contributed by atoms with Gasteiger partial charge in [0.2, 0.25) is 7.85 Å². The summed E-state index contributed by atoms with van der Waals surface area (Å²) in [6.07, 6.45) is -3.90. The lowest BCUT2D eigenvalue weighted by Gasteiger charge is -2.22. The van der Waals surface area contributed by atoms with E-state index in [1.807, 2.05) is 0 Å². The van der Waals surface area contributed by atoms with Gasteiger partial charge in [-0.05, 0) is 24.3 Å². The van der Waals surface area contributed by atoms with Crippen LogP contribution >= 0.6 is 11.6 Å². The van der Waals surface area contributed by atoms with Crippen LogP contribution in [0.25, 0.3) is 0 Å². The Morgan fingerprint density at radius 3 is 2.44 bits per heavy atom. The van der Waals surface area contributed by atoms with Crippen LogP contribution in [0.3, 0.4) is 0 Å². The zero-order valence-electron chi connectivity index (χ0n) is 16.5. The van der Waals surface area contributed by atoms with Crippen molar-refractivity contribution < 1.29 is 42.0 Å². The molecule has 2 radical (unpaired) electrons. The Bertz CT molecular complexity index is 1300. The van der Waals surface area contributed by atoms with Crippen LogP contribution in [0.4, 0.5) is 23.2 Å². The molecule has 0 aliphatic carbocycles. The molecule has 3 aromatic rings. The average molecular weight is 500 g/mol. The van der Waals surface area contributed by atoms with Crippen molar-refractivity contribution in [3.63, 3.8) is 0 Å². The van der Waals surface area contributed by atoms with E-state index in [0.717, 1.165) is 24.4 Å². The SMILES string of the molecule is [B]C(O)(O)Oc1cc(F)ccc1Oc1cc(C(F)(F)F)c(Cl)cc1C(=O)Nc1cn[nH]c(=O)c1. The number of benzene rings is 2. The molecular weight excluding hydrogens is 488 g/mol. The molecular formula is C19H11BClF4N3O6. The summed E-state index contributed by atoms with van der Waals surface area (Å²) in [6, 6.07) is 4.30. The summed E-state index contributed by atoms with van der Waals surface area (Å²) < 4.78 is 63.7. The summed E-state index contributed by atoms with van der Waals surface area (Å²) in [5, 5.41) is 25.4. The van der Waals surface area contributed by atoms with Gasteiger partial charge in [0.15, 0.2) is 11.5 Å². The van der Waals surface area contributed by atoms with E-state index in [9.17, 15) is 37.4 Å². The number of nitrogens with one attached hydrogen (secondary N) is 2. The maximum atomic E-state index is 13.6. The molecule has 0 spiro atoms. The smallest absolute Gasteiger partial charge is 0.417 e. The van der Waals surface area contributed by atoms with E-state index in [1.165, 1.54) is 0 Å². The highest BCUT2D eigenvalue weighted by Gasteiger charge is 2.35. The fourth-order valence-electron chi connectivity index (χ4n) is 2.60. The number of H-pyrrole nitrogens is 1. The van der Waals surface area contributed by atoms with Gasteiger partial charge in [-0.1, -0.05) is 11.6 Å². The third-order valence-electron chi connectivity index (χ3n) is 3.93. The second kappa shape index (κ2) is 9.33. The summed E-state index contributed by atoms with van der Waals surface area (Å²) >= 11 is 5.72. The van der Waals surface area contributed by atoms with Gasteiger partial charge in [0.25, 0.3) is 17.3 Å². The standard InChI is InChI=1S/C19H11BClF4N3O6/c20-19(31,32)34-15-3-8(22)1-2-13(15)33-14-6-11(18(23,24)25)12(21)5-10(14)17(30)27-9-4-16(29)28-26-7-9/h1-7,31-32H,(H2,27,28,29,30). The van der Waals surface area contributed by atoms with Gasteiger partial charge in [-0.3, -0.25) is 9.59 Å². The topological polar surface area (TPSA) is 134 Å². The minimum atomic E-state index is -4.95. The Hall–Kier alpha value is -3.62. The number of amides is 1. The number of aliphatic hydroxyl groups is 2. The molecule has 1 amide bonds. The monoisotopic (exact) mass is 499 g/mol. The molecule has 3 rings (SSSR count). The lowest BCUT2D eigenvalue weighted by atomic mass is 10.1. The number of ether oxygens (including phenoxy) is 2. The largest absolute Gasteiger partial charge is 0.453 e. The lowest BCUT2D eigenvalue weighted by molar-refractivity contribution is -0.224. The van der Waals surface area contributed by atoms with Crippen LogP contribution in [-0.2, 0) is 6.18 Å². The van der Waals surface area contributed by atoms with Crippen molar-refractivity contribution in [2.24, 2.45) is 0 Å². The Balaban J connectivity index is 2.10. The highest BCUT2D eigenvalue weighted by Crippen LogP contribution is 2.41. The average Bonchev–Trinajstić information content (AvgIpc) is 2.68. The second-order valence-electron chi connectivity index (χ2n) is 6.57. The number of hydrogen-bond donors (Lipinski definition) is 4. The predicted octanol–water partition coefficient (Wildman–Crippen LogP) is 2.77. The van der Waals surface area contributed by atoms with E-state index in [0.29, 0.717) is 18.2 Å². The van der Waals surface area contributed by atoms with E-state index in [4.69, 9.17) is 24.2 Å². The van der Waals surface area contributed by atoms with Crippen LogP contribution in [0.5, 0.6) is 17.2 Å². The van der Waals surface area contributed by atoms with Gasteiger partial charge >= 0.3 is 6.18 Å². The number of carbonyl (C=O) groups excluding carboxylic acids is 1. The van der Waals surface area contributed by atoms with Crippen molar-refractivity contribution in [1.82, 2.24) is 10.2 Å². The highest BCUT2D eigenvalue weighted by atomic mass is 35.5. The van der Waals surface area contributed by atoms with Crippen molar-refractivity contribution in [3.8, 4) is 17.2 Å². The Kier molecular flexibility index (Phi) is 6.86. The maximum absolute atomic E-state index is 13.6. The zero-order valence-corrected chi connectivity index (χ0v) is 17.2. The molecule has 9 nitrogen and oxygen atoms in total. The number of carbonyl (C=O) groups is 1. The van der Waals surface area contributed by atoms with Crippen LogP contribution in [0.15, 0.2) is 47.4 Å². The van der Waals surface area contributed by atoms with E-state index >= 15 is 0 Å². The minimum Gasteiger partial charge on any atom is -0.453 e. The molecule has 0 bridgehead atoms. The second-order valence-corrected chi connectivity index (χ2v) is 6.98. The van der Waals surface area contributed by atoms with Gasteiger partial charge in [-0.25, -0.2) is 9.49 Å². The van der Waals surface area contributed by atoms with Crippen molar-refractivity contribution >= 4 is 31.0 Å². The minimum absolute atomic E-state index is 0.102. The number of rotatable bonds is 6. The number of alkyl halides is 3. The van der Waals surface area contributed by atoms with Gasteiger partial charge in [-0.2, -0.15) is 18.3 Å². The summed E-state index contributed by atoms with van der Waals surface area (Å²) in [4.78, 5) is 24.1. The van der Waals surface area contributed by atoms with Crippen molar-refractivity contribution in [3.05, 3.63) is 74.9 Å². The molecule has 0 aliphatic rings. The van der Waals surface area contributed by atoms with E-state index in [-0.39, 0.29) is 5.69 Å². The number of nitrogens with zero attached hydrogens (tertiary/aromatic N) is 1. The zero-order chi connectivity index (χ0) is 25.3. The van der Waals surface area contributed by atoms with Crippen LogP contribution < -0.4 is 20.3 Å². The molecule has 0 fully saturated rings. The first-order valence-corrected chi connectivity index (χ1v) is 9.27. The summed E-state index contributed by atoms with van der Waals surface area (Å²) in [7, 11) is 4.90. The van der Waals surface area contributed by atoms with Crippen molar-refractivity contribution in [2.45, 2.75) is 12.0 Å². The Morgan fingerprint density at radius 1 is 1.12 bits per heavy atom. The maximum Gasteiger partial charge on any atom is 0.417 e. The van der Waals surface area contributed by atoms with Gasteiger partial charge in [-0.15, -0.1) is 0 Å². The number of aromatic amines is 1. The van der Waals surface area contributed by atoms with Gasteiger partial charge in [0, 0.05) is 12.1 Å². The molecule has 1 heterocycles. The summed E-state index contributed by atoms with van der Waals surface area (Å²) in [5.41, 5.74) is -2.69. The molecule has 2 aromatic carbocycles. The third kappa shape index (κ3) is 6.24. The summed E-state index contributed by atoms with van der Waals surface area (Å²) in [6.45, 7) is 0. The van der Waals surface area contributed by atoms with Crippen LogP contribution in [-0.4, -0.2) is 40.0 Å². The van der Waals surface area contributed by atoms with E-state index in [1.54, 1.807) is 0 Å².